The lowest BCUT2D eigenvalue weighted by Crippen LogP contribution is -2.43. The third-order valence-corrected chi connectivity index (χ3v) is 7.50. The van der Waals surface area contributed by atoms with Gasteiger partial charge in [0.05, 0.1) is 23.4 Å². The van der Waals surface area contributed by atoms with Gasteiger partial charge in [0.2, 0.25) is 0 Å². The summed E-state index contributed by atoms with van der Waals surface area (Å²) in [6, 6.07) is 13.6. The fourth-order valence-corrected chi connectivity index (χ4v) is 5.95. The largest absolute Gasteiger partial charge is 0.382 e. The van der Waals surface area contributed by atoms with Crippen LogP contribution >= 0.6 is 11.6 Å². The highest BCUT2D eigenvalue weighted by Gasteiger charge is 2.60. The zero-order valence-electron chi connectivity index (χ0n) is 18.1. The molecule has 170 valence electrons. The van der Waals surface area contributed by atoms with Crippen LogP contribution in [0.25, 0.3) is 11.1 Å². The number of benzene rings is 2. The van der Waals surface area contributed by atoms with E-state index in [1.165, 1.54) is 0 Å². The van der Waals surface area contributed by atoms with Crippen LogP contribution in [0.2, 0.25) is 5.02 Å². The summed E-state index contributed by atoms with van der Waals surface area (Å²) in [6.07, 6.45) is 2.66. The molecule has 1 heterocycles. The molecule has 2 N–H and O–H groups in total. The van der Waals surface area contributed by atoms with E-state index in [2.05, 4.69) is 18.2 Å². The maximum absolute atomic E-state index is 12.8. The Balaban J connectivity index is 1.59. The Morgan fingerprint density at radius 2 is 1.91 bits per heavy atom. The number of hydrogen-bond donors (Lipinski definition) is 1. The molecule has 1 saturated carbocycles. The molecule has 1 unspecified atom stereocenters. The first-order valence-corrected chi connectivity index (χ1v) is 11.3. The van der Waals surface area contributed by atoms with Crippen LogP contribution in [0.3, 0.4) is 0 Å². The number of nitrogens with two attached hydrogens (primary N) is 1. The fourth-order valence-electron chi connectivity index (χ4n) is 5.72. The molecule has 5 nitrogen and oxygen atoms in total. The van der Waals surface area contributed by atoms with Crippen molar-refractivity contribution in [3.8, 4) is 17.2 Å². The Labute approximate surface area is 195 Å². The molecule has 3 aliphatic rings. The van der Waals surface area contributed by atoms with Crippen LogP contribution in [0.5, 0.6) is 0 Å². The normalized spacial score (nSPS) is 28.2. The minimum absolute atomic E-state index is 0.343. The molecule has 0 aromatic heterocycles. The van der Waals surface area contributed by atoms with E-state index in [1.807, 2.05) is 19.1 Å². The number of ether oxygens (including phenoxy) is 1. The predicted molar refractivity (Wildman–Crippen MR) is 123 cm³/mol. The summed E-state index contributed by atoms with van der Waals surface area (Å²) in [4.78, 5) is 9.93. The Bertz CT molecular complexity index is 1210. The molecule has 8 heteroatoms. The van der Waals surface area contributed by atoms with Gasteiger partial charge in [-0.15, -0.1) is 0 Å². The first kappa shape index (κ1) is 22.0. The zero-order chi connectivity index (χ0) is 23.4. The topological polar surface area (TPSA) is 83.8 Å². The molecule has 1 atom stereocenters. The summed E-state index contributed by atoms with van der Waals surface area (Å²) in [7, 11) is 0. The number of amidine groups is 1. The van der Waals surface area contributed by atoms with Crippen molar-refractivity contribution in [2.75, 3.05) is 0 Å². The van der Waals surface area contributed by atoms with Gasteiger partial charge in [-0.1, -0.05) is 23.7 Å². The zero-order valence-corrected chi connectivity index (χ0v) is 18.9. The molecule has 2 aliphatic carbocycles. The molecular formula is C25H23ClF2N4O. The van der Waals surface area contributed by atoms with Gasteiger partial charge < -0.3 is 10.5 Å². The number of nitrogens with zero attached hydrogens (tertiary/aromatic N) is 3. The lowest BCUT2D eigenvalue weighted by Gasteiger charge is -2.44. The number of fused-ring (bicyclic) bond motifs is 3. The van der Waals surface area contributed by atoms with Crippen LogP contribution in [-0.2, 0) is 16.8 Å². The van der Waals surface area contributed by atoms with Gasteiger partial charge in [-0.2, -0.15) is 14.0 Å². The number of hydrogen-bond acceptors (Lipinski definition) is 5. The molecule has 2 spiro atoms. The standard InChI is InChI=1S/C25H23ClF2N4O/c1-14-22(30)32-25(31-14)21-11-16(18-8-15(13-29)9-19(26)10-18)2-3-17(21)12-24(25)6-4-20(5-7-24)33-23(27)28/h2-3,8-11,20,23H,4-7,12H2,1H3,(H2,30,32)/t20-,24-,25?. The van der Waals surface area contributed by atoms with Gasteiger partial charge in [0.15, 0.2) is 5.66 Å². The number of rotatable bonds is 3. The highest BCUT2D eigenvalue weighted by atomic mass is 35.5. The highest BCUT2D eigenvalue weighted by molar-refractivity contribution is 6.41. The van der Waals surface area contributed by atoms with E-state index in [-0.39, 0.29) is 5.41 Å². The van der Waals surface area contributed by atoms with Gasteiger partial charge >= 0.3 is 6.61 Å². The quantitative estimate of drug-likeness (QED) is 0.637. The molecule has 1 aliphatic heterocycles. The van der Waals surface area contributed by atoms with Crippen LogP contribution in [-0.4, -0.2) is 24.3 Å². The van der Waals surface area contributed by atoms with E-state index < -0.39 is 18.4 Å². The average molecular weight is 469 g/mol. The highest BCUT2D eigenvalue weighted by Crippen LogP contribution is 2.62. The van der Waals surface area contributed by atoms with E-state index in [0.717, 1.165) is 28.7 Å². The second-order valence-corrected chi connectivity index (χ2v) is 9.57. The fraction of sp³-hybridized carbons (Fsp3) is 0.400. The maximum Gasteiger partial charge on any atom is 0.345 e. The number of aliphatic imine (C=N–C) groups is 2. The first-order chi connectivity index (χ1) is 15.7. The molecule has 5 rings (SSSR count). The summed E-state index contributed by atoms with van der Waals surface area (Å²) in [5.41, 5.74) is 10.0. The molecule has 1 fully saturated rings. The Hall–Kier alpha value is -2.82. The Morgan fingerprint density at radius 1 is 1.15 bits per heavy atom. The third-order valence-electron chi connectivity index (χ3n) is 7.28. The van der Waals surface area contributed by atoms with Crippen LogP contribution in [0.1, 0.15) is 49.3 Å². The lowest BCUT2D eigenvalue weighted by atomic mass is 9.65. The second kappa shape index (κ2) is 7.89. The van der Waals surface area contributed by atoms with Crippen molar-refractivity contribution < 1.29 is 13.5 Å². The third kappa shape index (κ3) is 3.53. The van der Waals surface area contributed by atoms with Crippen LogP contribution < -0.4 is 5.73 Å². The van der Waals surface area contributed by atoms with Crippen molar-refractivity contribution in [3.63, 3.8) is 0 Å². The summed E-state index contributed by atoms with van der Waals surface area (Å²) < 4.78 is 30.4. The molecule has 0 radical (unpaired) electrons. The number of alkyl halides is 2. The summed E-state index contributed by atoms with van der Waals surface area (Å²) in [5.74, 6) is 0.410. The van der Waals surface area contributed by atoms with Crippen molar-refractivity contribution >= 4 is 23.1 Å². The van der Waals surface area contributed by atoms with E-state index in [0.29, 0.717) is 47.8 Å². The summed E-state index contributed by atoms with van der Waals surface area (Å²) >= 11 is 6.24. The van der Waals surface area contributed by atoms with Gasteiger partial charge in [-0.3, -0.25) is 4.99 Å². The van der Waals surface area contributed by atoms with Crippen molar-refractivity contribution in [3.05, 3.63) is 58.1 Å². The molecule has 2 aromatic rings. The molecular weight excluding hydrogens is 446 g/mol. The van der Waals surface area contributed by atoms with Crippen molar-refractivity contribution in [1.29, 1.82) is 5.26 Å². The summed E-state index contributed by atoms with van der Waals surface area (Å²) in [5, 5.41) is 9.83. The average Bonchev–Trinajstić information content (AvgIpc) is 3.22. The van der Waals surface area contributed by atoms with Crippen LogP contribution in [0.15, 0.2) is 46.4 Å². The first-order valence-electron chi connectivity index (χ1n) is 11.0. The lowest BCUT2D eigenvalue weighted by molar-refractivity contribution is -0.177. The monoisotopic (exact) mass is 468 g/mol. The molecule has 0 saturated heterocycles. The van der Waals surface area contributed by atoms with E-state index in [4.69, 9.17) is 32.1 Å². The van der Waals surface area contributed by atoms with Crippen LogP contribution in [0.4, 0.5) is 8.78 Å². The second-order valence-electron chi connectivity index (χ2n) is 9.13. The minimum atomic E-state index is -2.77. The number of nitriles is 1. The Kier molecular flexibility index (Phi) is 5.26. The van der Waals surface area contributed by atoms with Crippen LogP contribution in [0, 0.1) is 16.7 Å². The van der Waals surface area contributed by atoms with Crippen molar-refractivity contribution in [1.82, 2.24) is 0 Å². The van der Waals surface area contributed by atoms with Gasteiger partial charge in [0.25, 0.3) is 0 Å². The predicted octanol–water partition coefficient (Wildman–Crippen LogP) is 5.59. The van der Waals surface area contributed by atoms with E-state index in [1.54, 1.807) is 12.1 Å². The number of halogens is 3. The molecule has 0 bridgehead atoms. The van der Waals surface area contributed by atoms with Gasteiger partial charge in [-0.25, -0.2) is 4.99 Å². The van der Waals surface area contributed by atoms with Crippen molar-refractivity contribution in [2.24, 2.45) is 21.1 Å². The molecule has 2 aromatic carbocycles. The van der Waals surface area contributed by atoms with Crippen molar-refractivity contribution in [2.45, 2.75) is 57.4 Å². The Morgan fingerprint density at radius 3 is 2.55 bits per heavy atom. The van der Waals surface area contributed by atoms with Gasteiger partial charge in [0, 0.05) is 16.0 Å². The molecule has 33 heavy (non-hydrogen) atoms. The maximum atomic E-state index is 12.8. The van der Waals surface area contributed by atoms with E-state index in [9.17, 15) is 14.0 Å². The summed E-state index contributed by atoms with van der Waals surface area (Å²) in [6.45, 7) is -0.914. The van der Waals surface area contributed by atoms with Gasteiger partial charge in [0.1, 0.15) is 5.84 Å². The van der Waals surface area contributed by atoms with Gasteiger partial charge in [-0.05, 0) is 80.0 Å². The SMILES string of the molecule is CC1=NC2(N=C1N)c1cc(-c3cc(Cl)cc(C#N)c3)ccc1C[C@]21CC[C@@H](OC(F)F)CC1. The van der Waals surface area contributed by atoms with E-state index >= 15 is 0 Å². The molecule has 0 amide bonds. The smallest absolute Gasteiger partial charge is 0.345 e. The minimum Gasteiger partial charge on any atom is -0.382 e.